The van der Waals surface area contributed by atoms with Crippen molar-refractivity contribution in [2.45, 2.75) is 26.4 Å². The summed E-state index contributed by atoms with van der Waals surface area (Å²) >= 11 is 5.89. The maximum atomic E-state index is 12.2. The summed E-state index contributed by atoms with van der Waals surface area (Å²) in [6, 6.07) is 15.7. The third-order valence-electron chi connectivity index (χ3n) is 3.86. The summed E-state index contributed by atoms with van der Waals surface area (Å²) in [6.07, 6.45) is 0. The number of carbonyl (C=O) groups excluding carboxylic acids is 1. The minimum absolute atomic E-state index is 0.0172. The van der Waals surface area contributed by atoms with Crippen LogP contribution in [-0.2, 0) is 11.3 Å². The van der Waals surface area contributed by atoms with E-state index in [1.165, 1.54) is 11.1 Å². The van der Waals surface area contributed by atoms with Gasteiger partial charge in [-0.2, -0.15) is 0 Å². The zero-order valence-electron chi connectivity index (χ0n) is 13.8. The monoisotopic (exact) mass is 330 g/mol. The van der Waals surface area contributed by atoms with Crippen molar-refractivity contribution >= 4 is 17.5 Å². The summed E-state index contributed by atoms with van der Waals surface area (Å²) in [5, 5.41) is 3.72. The fraction of sp³-hybridized carbons (Fsp3) is 0.316. The molecule has 3 nitrogen and oxygen atoms in total. The van der Waals surface area contributed by atoms with Crippen LogP contribution in [0.2, 0.25) is 5.02 Å². The molecular weight excluding hydrogens is 308 g/mol. The maximum Gasteiger partial charge on any atom is 0.234 e. The molecule has 0 saturated heterocycles. The second-order valence-corrected chi connectivity index (χ2v) is 6.38. The van der Waals surface area contributed by atoms with Crippen molar-refractivity contribution in [1.29, 1.82) is 0 Å². The molecule has 0 aliphatic heterocycles. The van der Waals surface area contributed by atoms with Crippen molar-refractivity contribution in [2.75, 3.05) is 13.6 Å². The number of nitrogens with zero attached hydrogens (tertiary/aromatic N) is 1. The van der Waals surface area contributed by atoms with Crippen LogP contribution in [0.1, 0.15) is 29.7 Å². The quantitative estimate of drug-likeness (QED) is 0.869. The van der Waals surface area contributed by atoms with Gasteiger partial charge in [-0.05, 0) is 49.7 Å². The minimum Gasteiger partial charge on any atom is -0.348 e. The van der Waals surface area contributed by atoms with E-state index in [1.54, 1.807) is 0 Å². The van der Waals surface area contributed by atoms with E-state index in [0.29, 0.717) is 11.6 Å². The van der Waals surface area contributed by atoms with Gasteiger partial charge in [0.15, 0.2) is 0 Å². The van der Waals surface area contributed by atoms with E-state index in [4.69, 9.17) is 11.6 Å². The van der Waals surface area contributed by atoms with Crippen LogP contribution in [0, 0.1) is 6.92 Å². The van der Waals surface area contributed by atoms with Crippen LogP contribution in [0.5, 0.6) is 0 Å². The van der Waals surface area contributed by atoms with Gasteiger partial charge in [-0.15, -0.1) is 0 Å². The number of rotatable bonds is 6. The number of carbonyl (C=O) groups is 1. The number of hydrogen-bond acceptors (Lipinski definition) is 2. The molecule has 0 aromatic heterocycles. The standard InChI is InChI=1S/C19H23ClN2O/c1-14-6-4-5-7-17(14)12-22(3)13-19(23)21-15(2)16-8-10-18(20)11-9-16/h4-11,15H,12-13H2,1-3H3,(H,21,23). The van der Waals surface area contributed by atoms with Gasteiger partial charge in [-0.1, -0.05) is 48.0 Å². The summed E-state index contributed by atoms with van der Waals surface area (Å²) in [5.41, 5.74) is 3.53. The van der Waals surface area contributed by atoms with E-state index in [0.717, 1.165) is 12.1 Å². The van der Waals surface area contributed by atoms with Crippen molar-refractivity contribution in [3.8, 4) is 0 Å². The Kier molecular flexibility index (Phi) is 6.20. The van der Waals surface area contributed by atoms with E-state index < -0.39 is 0 Å². The molecule has 0 aliphatic carbocycles. The molecular formula is C19H23ClN2O. The van der Waals surface area contributed by atoms with Crippen LogP contribution < -0.4 is 5.32 Å². The molecule has 0 fully saturated rings. The Morgan fingerprint density at radius 3 is 2.48 bits per heavy atom. The molecule has 1 N–H and O–H groups in total. The lowest BCUT2D eigenvalue weighted by molar-refractivity contribution is -0.122. The molecule has 122 valence electrons. The lowest BCUT2D eigenvalue weighted by atomic mass is 10.1. The smallest absolute Gasteiger partial charge is 0.234 e. The first kappa shape index (κ1) is 17.5. The van der Waals surface area contributed by atoms with Gasteiger partial charge in [0.25, 0.3) is 0 Å². The molecule has 1 atom stereocenters. The van der Waals surface area contributed by atoms with Crippen molar-refractivity contribution in [1.82, 2.24) is 10.2 Å². The first-order valence-electron chi connectivity index (χ1n) is 7.73. The number of halogens is 1. The number of hydrogen-bond donors (Lipinski definition) is 1. The molecule has 1 amide bonds. The fourth-order valence-electron chi connectivity index (χ4n) is 2.50. The molecule has 0 bridgehead atoms. The molecule has 2 aromatic rings. The van der Waals surface area contributed by atoms with E-state index >= 15 is 0 Å². The number of likely N-dealkylation sites (N-methyl/N-ethyl adjacent to an activating group) is 1. The molecule has 0 aliphatic rings. The highest BCUT2D eigenvalue weighted by Crippen LogP contribution is 2.16. The predicted octanol–water partition coefficient (Wildman–Crippen LogP) is 3.96. The van der Waals surface area contributed by atoms with Crippen molar-refractivity contribution < 1.29 is 4.79 Å². The summed E-state index contributed by atoms with van der Waals surface area (Å²) < 4.78 is 0. The van der Waals surface area contributed by atoms with Gasteiger partial charge in [0.2, 0.25) is 5.91 Å². The number of aryl methyl sites for hydroxylation is 1. The van der Waals surface area contributed by atoms with Crippen LogP contribution in [0.4, 0.5) is 0 Å². The van der Waals surface area contributed by atoms with Crippen LogP contribution >= 0.6 is 11.6 Å². The third kappa shape index (κ3) is 5.38. The van der Waals surface area contributed by atoms with Gasteiger partial charge >= 0.3 is 0 Å². The largest absolute Gasteiger partial charge is 0.348 e. The second-order valence-electron chi connectivity index (χ2n) is 5.94. The number of amides is 1. The average molecular weight is 331 g/mol. The SMILES string of the molecule is Cc1ccccc1CN(C)CC(=O)NC(C)c1ccc(Cl)cc1. The van der Waals surface area contributed by atoms with Crippen molar-refractivity contribution in [2.24, 2.45) is 0 Å². The average Bonchev–Trinajstić information content (AvgIpc) is 2.50. The summed E-state index contributed by atoms with van der Waals surface area (Å²) in [6.45, 7) is 5.19. The Morgan fingerprint density at radius 2 is 1.83 bits per heavy atom. The first-order valence-corrected chi connectivity index (χ1v) is 8.11. The Balaban J connectivity index is 1.86. The van der Waals surface area contributed by atoms with E-state index in [9.17, 15) is 4.79 Å². The lowest BCUT2D eigenvalue weighted by Crippen LogP contribution is -2.36. The second kappa shape index (κ2) is 8.14. The van der Waals surface area contributed by atoms with Crippen molar-refractivity contribution in [3.63, 3.8) is 0 Å². The summed E-state index contributed by atoms with van der Waals surface area (Å²) in [4.78, 5) is 14.2. The Hall–Kier alpha value is -1.84. The Bertz CT molecular complexity index is 655. The fourth-order valence-corrected chi connectivity index (χ4v) is 2.63. The molecule has 4 heteroatoms. The number of benzene rings is 2. The van der Waals surface area contributed by atoms with Gasteiger partial charge in [0.05, 0.1) is 12.6 Å². The molecule has 0 spiro atoms. The van der Waals surface area contributed by atoms with Gasteiger partial charge < -0.3 is 5.32 Å². The van der Waals surface area contributed by atoms with Crippen LogP contribution in [-0.4, -0.2) is 24.4 Å². The predicted molar refractivity (Wildman–Crippen MR) is 95.5 cm³/mol. The van der Waals surface area contributed by atoms with Crippen LogP contribution in [0.25, 0.3) is 0 Å². The zero-order valence-corrected chi connectivity index (χ0v) is 14.6. The molecule has 0 saturated carbocycles. The highest BCUT2D eigenvalue weighted by Gasteiger charge is 2.12. The van der Waals surface area contributed by atoms with Gasteiger partial charge in [-0.3, -0.25) is 9.69 Å². The molecule has 1 unspecified atom stereocenters. The van der Waals surface area contributed by atoms with Crippen molar-refractivity contribution in [3.05, 3.63) is 70.2 Å². The summed E-state index contributed by atoms with van der Waals surface area (Å²) in [5.74, 6) is 0.0172. The Morgan fingerprint density at radius 1 is 1.17 bits per heavy atom. The van der Waals surface area contributed by atoms with E-state index in [1.807, 2.05) is 55.3 Å². The molecule has 0 radical (unpaired) electrons. The van der Waals surface area contributed by atoms with Gasteiger partial charge in [0, 0.05) is 11.6 Å². The highest BCUT2D eigenvalue weighted by molar-refractivity contribution is 6.30. The Labute approximate surface area is 143 Å². The van der Waals surface area contributed by atoms with E-state index in [2.05, 4.69) is 24.4 Å². The maximum absolute atomic E-state index is 12.2. The van der Waals surface area contributed by atoms with E-state index in [-0.39, 0.29) is 11.9 Å². The zero-order chi connectivity index (χ0) is 16.8. The molecule has 2 aromatic carbocycles. The minimum atomic E-state index is -0.0355. The highest BCUT2D eigenvalue weighted by atomic mass is 35.5. The molecule has 0 heterocycles. The first-order chi connectivity index (χ1) is 11.0. The third-order valence-corrected chi connectivity index (χ3v) is 4.11. The molecule has 2 rings (SSSR count). The van der Waals surface area contributed by atoms with Crippen LogP contribution in [0.15, 0.2) is 48.5 Å². The number of nitrogens with one attached hydrogen (secondary N) is 1. The topological polar surface area (TPSA) is 32.3 Å². The molecule has 23 heavy (non-hydrogen) atoms. The van der Waals surface area contributed by atoms with Crippen LogP contribution in [0.3, 0.4) is 0 Å². The summed E-state index contributed by atoms with van der Waals surface area (Å²) in [7, 11) is 1.96. The van der Waals surface area contributed by atoms with Gasteiger partial charge in [-0.25, -0.2) is 0 Å². The lowest BCUT2D eigenvalue weighted by Gasteiger charge is -2.20. The van der Waals surface area contributed by atoms with Gasteiger partial charge in [0.1, 0.15) is 0 Å². The normalized spacial score (nSPS) is 12.2.